The zero-order chi connectivity index (χ0) is 45.8. The van der Waals surface area contributed by atoms with Gasteiger partial charge in [0, 0.05) is 110 Å². The Kier molecular flexibility index (Phi) is 44.5. The number of carboxylic acids is 1. The van der Waals surface area contributed by atoms with E-state index in [0.29, 0.717) is 37.8 Å². The van der Waals surface area contributed by atoms with Crippen molar-refractivity contribution in [3.63, 3.8) is 0 Å². The third-order valence-electron chi connectivity index (χ3n) is 8.31. The first-order valence-corrected chi connectivity index (χ1v) is 20.5. The fourth-order valence-electron chi connectivity index (χ4n) is 5.30. The van der Waals surface area contributed by atoms with E-state index >= 15 is 0 Å². The topological polar surface area (TPSA) is 224 Å². The molecule has 3 amide bonds. The first kappa shape index (κ1) is 65.6. The van der Waals surface area contributed by atoms with Gasteiger partial charge in [0.05, 0.1) is 23.3 Å². The Morgan fingerprint density at radius 2 is 1.74 bits per heavy atom. The summed E-state index contributed by atoms with van der Waals surface area (Å²) in [6.07, 6.45) is 15.2. The molecule has 62 heavy (non-hydrogen) atoms. The van der Waals surface area contributed by atoms with Crippen molar-refractivity contribution in [2.45, 2.75) is 117 Å². The Hall–Kier alpha value is -2.97. The maximum Gasteiger partial charge on any atom is 0.285 e. The van der Waals surface area contributed by atoms with E-state index in [1.807, 2.05) is 66.9 Å². The fraction of sp³-hybridized carbons (Fsp3) is 0.581. The molecule has 1 aliphatic heterocycles. The molecule has 1 saturated heterocycles. The SMILES string of the molecule is C#CC[C@@H]([N-]C(CCCCNC)C(=O)O)NC(=O)C(CCCC)[N-]CCC=O.C/C=C\N.CC.CCNC(=O)c1ccnc2c(NC)cccc12.O=CN1CCC(F)(F)C1.[Y].[Y]. The molecule has 0 spiro atoms. The van der Waals surface area contributed by atoms with Crippen LogP contribution in [0.5, 0.6) is 0 Å². The van der Waals surface area contributed by atoms with Gasteiger partial charge in [0.2, 0.25) is 12.3 Å². The Bertz CT molecular complexity index is 1580. The number of aldehydes is 1. The minimum atomic E-state index is -2.64. The fourth-order valence-corrected chi connectivity index (χ4v) is 5.30. The van der Waals surface area contributed by atoms with Gasteiger partial charge in [-0.25, -0.2) is 8.78 Å². The number of pyridine rings is 1. The molecule has 7 N–H and O–H groups in total. The summed E-state index contributed by atoms with van der Waals surface area (Å²) in [5.74, 6) is -1.62. The predicted molar refractivity (Wildman–Crippen MR) is 237 cm³/mol. The summed E-state index contributed by atoms with van der Waals surface area (Å²) in [6, 6.07) is 6.00. The number of para-hydroxylation sites is 1. The Morgan fingerprint density at radius 1 is 1.08 bits per heavy atom. The van der Waals surface area contributed by atoms with Crippen molar-refractivity contribution >= 4 is 47.1 Å². The predicted octanol–water partition coefficient (Wildman–Crippen LogP) is 6.20. The van der Waals surface area contributed by atoms with Gasteiger partial charge in [-0.3, -0.25) is 24.2 Å². The second-order valence-corrected chi connectivity index (χ2v) is 12.9. The summed E-state index contributed by atoms with van der Waals surface area (Å²) >= 11 is 0. The number of hydrogen-bond acceptors (Lipinski definition) is 9. The largest absolute Gasteiger partial charge is 0.651 e. The minimum absolute atomic E-state index is 0. The van der Waals surface area contributed by atoms with Crippen LogP contribution in [-0.2, 0) is 84.6 Å². The van der Waals surface area contributed by atoms with Gasteiger partial charge in [0.15, 0.2) is 0 Å². The zero-order valence-electron chi connectivity index (χ0n) is 37.7. The van der Waals surface area contributed by atoms with E-state index in [4.69, 9.17) is 12.2 Å². The van der Waals surface area contributed by atoms with Crippen molar-refractivity contribution in [1.29, 1.82) is 0 Å². The van der Waals surface area contributed by atoms with E-state index in [-0.39, 0.29) is 110 Å². The van der Waals surface area contributed by atoms with Crippen LogP contribution in [0.3, 0.4) is 0 Å². The van der Waals surface area contributed by atoms with Crippen molar-refractivity contribution in [3.05, 3.63) is 58.9 Å². The molecular weight excluding hydrogens is 954 g/mol. The number of anilines is 1. The van der Waals surface area contributed by atoms with Crippen molar-refractivity contribution in [1.82, 2.24) is 25.8 Å². The third-order valence-corrected chi connectivity index (χ3v) is 8.31. The number of allylic oxidation sites excluding steroid dienone is 1. The molecule has 1 aromatic heterocycles. The number of nitrogens with two attached hydrogens (primary N) is 1. The van der Waals surface area contributed by atoms with Gasteiger partial charge in [0.25, 0.3) is 17.8 Å². The molecular formula is C43H69F2N9O6Y2-2. The molecule has 0 aliphatic carbocycles. The number of carbonyl (C=O) groups excluding carboxylic acids is 4. The van der Waals surface area contributed by atoms with Crippen LogP contribution in [0, 0.1) is 12.3 Å². The summed E-state index contributed by atoms with van der Waals surface area (Å²) < 4.78 is 24.4. The van der Waals surface area contributed by atoms with E-state index in [9.17, 15) is 37.9 Å². The molecule has 2 radical (unpaired) electrons. The summed E-state index contributed by atoms with van der Waals surface area (Å²) in [5, 5.41) is 30.5. The number of carboxylic acid groups (broad SMARTS) is 1. The molecule has 2 unspecified atom stereocenters. The summed E-state index contributed by atoms with van der Waals surface area (Å²) in [7, 11) is 3.68. The van der Waals surface area contributed by atoms with Crippen LogP contribution in [-0.4, -0.2) is 116 Å². The van der Waals surface area contributed by atoms with Crippen LogP contribution in [0.1, 0.15) is 103 Å². The second-order valence-electron chi connectivity index (χ2n) is 12.9. The minimum Gasteiger partial charge on any atom is -0.651 e. The van der Waals surface area contributed by atoms with E-state index < -0.39 is 36.7 Å². The molecule has 1 aromatic carbocycles. The van der Waals surface area contributed by atoms with E-state index in [1.165, 1.54) is 6.20 Å². The number of aromatic nitrogens is 1. The molecule has 15 nitrogen and oxygen atoms in total. The number of halogens is 2. The standard InChI is InChI=1S/C20H34N4O4.C13H15N3O.C5H7F2NO.C3H7N.C2H6.2Y/c1-4-6-11-16(22-14-9-15-25)19(26)24-18(10-5-2)23-17(20(27)28)12-7-8-13-21-3;1-3-15-13(17)10-7-8-16-12-9(10)5-4-6-11(12)14-2;6-5(7)1-2-8(3-5)4-9;1-2-3-4;1-2;;/h2,15-18,21H,4,6-14H2,1,3H3,(H,24,26)(H,27,28);4-8,14H,3H2,1-2H3,(H,15,17);4H,1-3H2;2-3H,4H2,1H3;1-2H3;;/q-2;;;;;;/b;;;3-2-;;;/t16?,17?,18-;;;;;;/m0....../s1. The van der Waals surface area contributed by atoms with Crippen molar-refractivity contribution < 1.29 is 103 Å². The maximum atomic E-state index is 12.6. The van der Waals surface area contributed by atoms with E-state index in [2.05, 4.69) is 42.8 Å². The molecule has 2 heterocycles. The van der Waals surface area contributed by atoms with Gasteiger partial charge in [-0.1, -0.05) is 77.1 Å². The average Bonchev–Trinajstić information content (AvgIpc) is 3.62. The smallest absolute Gasteiger partial charge is 0.285 e. The number of benzene rings is 1. The van der Waals surface area contributed by atoms with Crippen molar-refractivity contribution in [2.24, 2.45) is 5.73 Å². The van der Waals surface area contributed by atoms with Gasteiger partial charge >= 0.3 is 0 Å². The van der Waals surface area contributed by atoms with Gasteiger partial charge in [-0.05, 0) is 70.8 Å². The molecule has 3 atom stereocenters. The summed E-state index contributed by atoms with van der Waals surface area (Å²) in [5.41, 5.74) is 7.25. The van der Waals surface area contributed by atoms with Crippen molar-refractivity contribution in [2.75, 3.05) is 52.1 Å². The molecule has 1 fully saturated rings. The van der Waals surface area contributed by atoms with E-state index in [1.54, 1.807) is 18.3 Å². The number of alkyl halides is 2. The number of rotatable bonds is 22. The van der Waals surface area contributed by atoms with Gasteiger partial charge in [-0.2, -0.15) is 0 Å². The molecule has 0 bridgehead atoms. The van der Waals surface area contributed by atoms with Gasteiger partial charge in [0.1, 0.15) is 6.29 Å². The zero-order valence-corrected chi connectivity index (χ0v) is 43.3. The first-order valence-electron chi connectivity index (χ1n) is 20.5. The van der Waals surface area contributed by atoms with E-state index in [0.717, 1.165) is 53.6 Å². The molecule has 2 aromatic rings. The maximum absolute atomic E-state index is 12.6. The summed E-state index contributed by atoms with van der Waals surface area (Å²) in [4.78, 5) is 61.8. The second kappa shape index (κ2) is 42.0. The number of terminal acetylenes is 1. The van der Waals surface area contributed by atoms with Crippen LogP contribution in [0.2, 0.25) is 0 Å². The number of carbonyl (C=O) groups is 5. The monoisotopic (exact) mass is 1020 g/mol. The molecule has 1 aliphatic rings. The number of nitrogens with zero attached hydrogens (tertiary/aromatic N) is 4. The van der Waals surface area contributed by atoms with Crippen molar-refractivity contribution in [3.8, 4) is 12.3 Å². The quantitative estimate of drug-likeness (QED) is 0.0445. The van der Waals surface area contributed by atoms with Crippen LogP contribution >= 0.6 is 0 Å². The number of hydrogen-bond donors (Lipinski definition) is 6. The number of amides is 3. The molecule has 3 rings (SSSR count). The van der Waals surface area contributed by atoms with Crippen LogP contribution in [0.4, 0.5) is 14.5 Å². The van der Waals surface area contributed by atoms with Crippen LogP contribution in [0.25, 0.3) is 21.5 Å². The first-order chi connectivity index (χ1) is 28.8. The van der Waals surface area contributed by atoms with Gasteiger partial charge < -0.3 is 52.4 Å². The molecule has 19 heteroatoms. The normalized spacial score (nSPS) is 13.3. The van der Waals surface area contributed by atoms with Crippen LogP contribution < -0.4 is 27.0 Å². The Morgan fingerprint density at radius 3 is 2.23 bits per heavy atom. The number of aliphatic carboxylic acids is 1. The van der Waals surface area contributed by atoms with Crippen LogP contribution in [0.15, 0.2) is 42.7 Å². The Balaban J connectivity index is -0.000000415. The molecule has 0 saturated carbocycles. The number of fused-ring (bicyclic) bond motifs is 1. The number of likely N-dealkylation sites (tertiary alicyclic amines) is 1. The summed E-state index contributed by atoms with van der Waals surface area (Å²) in [6.45, 7) is 11.3. The number of nitrogens with one attached hydrogen (secondary N) is 4. The molecule has 344 valence electrons. The third kappa shape index (κ3) is 29.4. The number of unbranched alkanes of at least 4 members (excludes halogenated alkanes) is 2. The Labute approximate surface area is 418 Å². The van der Waals surface area contributed by atoms with Gasteiger partial charge in [-0.15, -0.1) is 18.9 Å². The average molecular weight is 1020 g/mol.